The highest BCUT2D eigenvalue weighted by Gasteiger charge is 2.33. The first kappa shape index (κ1) is 17.5. The molecular formula is C23H32N2. The highest BCUT2D eigenvalue weighted by molar-refractivity contribution is 5.72. The van der Waals surface area contributed by atoms with Crippen molar-refractivity contribution in [1.82, 2.24) is 10.6 Å². The molecule has 1 saturated heterocycles. The van der Waals surface area contributed by atoms with E-state index in [9.17, 15) is 0 Å². The normalized spacial score (nSPS) is 16.7. The summed E-state index contributed by atoms with van der Waals surface area (Å²) in [6.45, 7) is 9.42. The van der Waals surface area contributed by atoms with Crippen molar-refractivity contribution in [2.45, 2.75) is 25.2 Å². The average molecular weight is 337 g/mol. The Labute approximate surface area is 154 Å². The molecule has 1 fully saturated rings. The summed E-state index contributed by atoms with van der Waals surface area (Å²) in [6.07, 6.45) is 6.51. The number of hydrogen-bond acceptors (Lipinski definition) is 2. The fraction of sp³-hybridized carbons (Fsp3) is 0.304. The van der Waals surface area contributed by atoms with Crippen molar-refractivity contribution < 1.29 is 2.85 Å². The molecule has 3 rings (SSSR count). The zero-order valence-electron chi connectivity index (χ0n) is 15.1. The number of benzene rings is 2. The molecule has 1 aliphatic rings. The van der Waals surface area contributed by atoms with Gasteiger partial charge in [-0.05, 0) is 44.0 Å². The molecule has 0 spiro atoms. The van der Waals surface area contributed by atoms with Crippen molar-refractivity contribution in [3.63, 3.8) is 0 Å². The van der Waals surface area contributed by atoms with Crippen LogP contribution in [0.1, 0.15) is 39.3 Å². The molecule has 2 nitrogen and oxygen atoms in total. The summed E-state index contributed by atoms with van der Waals surface area (Å²) < 4.78 is 0. The predicted octanol–water partition coefficient (Wildman–Crippen LogP) is 5.09. The third-order valence-electron chi connectivity index (χ3n) is 5.22. The zero-order chi connectivity index (χ0) is 17.5. The minimum atomic E-state index is 0. The molecule has 0 radical (unpaired) electrons. The molecule has 0 bridgehead atoms. The van der Waals surface area contributed by atoms with E-state index in [2.05, 4.69) is 84.0 Å². The Morgan fingerprint density at radius 2 is 1.80 bits per heavy atom. The number of nitrogens with one attached hydrogen (secondary N) is 2. The van der Waals surface area contributed by atoms with Gasteiger partial charge in [0.15, 0.2) is 0 Å². The maximum absolute atomic E-state index is 4.32. The van der Waals surface area contributed by atoms with Crippen LogP contribution in [0.3, 0.4) is 0 Å². The van der Waals surface area contributed by atoms with Crippen LogP contribution in [0.2, 0.25) is 0 Å². The molecule has 0 atom stereocenters. The van der Waals surface area contributed by atoms with E-state index in [0.717, 1.165) is 38.2 Å². The van der Waals surface area contributed by atoms with Crippen LogP contribution in [-0.2, 0) is 5.41 Å². The van der Waals surface area contributed by atoms with Gasteiger partial charge in [-0.1, -0.05) is 73.3 Å². The molecule has 0 aliphatic carbocycles. The third-order valence-corrected chi connectivity index (χ3v) is 5.22. The molecule has 2 heteroatoms. The highest BCUT2D eigenvalue weighted by Crippen LogP contribution is 2.33. The lowest BCUT2D eigenvalue weighted by atomic mass is 9.73. The number of hydrogen-bond donors (Lipinski definition) is 2. The predicted molar refractivity (Wildman–Crippen MR) is 113 cm³/mol. The SMILES string of the molecule is C=C(NCC1(c2ccccc2)CCNCC1)c1ccccc1/C=C\C.[HH].[HH]. The van der Waals surface area contributed by atoms with Crippen LogP contribution >= 0.6 is 0 Å². The van der Waals surface area contributed by atoms with Crippen molar-refractivity contribution in [1.29, 1.82) is 0 Å². The molecule has 1 aliphatic heterocycles. The molecular weight excluding hydrogens is 304 g/mol. The van der Waals surface area contributed by atoms with Crippen molar-refractivity contribution in [3.8, 4) is 0 Å². The Hall–Kier alpha value is -2.32. The maximum Gasteiger partial charge on any atom is 0.0347 e. The van der Waals surface area contributed by atoms with Gasteiger partial charge in [0.05, 0.1) is 0 Å². The van der Waals surface area contributed by atoms with Crippen LogP contribution in [0.15, 0.2) is 67.3 Å². The van der Waals surface area contributed by atoms with Crippen molar-refractivity contribution in [3.05, 3.63) is 83.9 Å². The van der Waals surface area contributed by atoms with E-state index in [4.69, 9.17) is 0 Å². The van der Waals surface area contributed by atoms with Gasteiger partial charge in [0.1, 0.15) is 0 Å². The zero-order valence-corrected chi connectivity index (χ0v) is 15.1. The Morgan fingerprint density at radius 3 is 2.52 bits per heavy atom. The van der Waals surface area contributed by atoms with Crippen LogP contribution in [0, 0.1) is 0 Å². The molecule has 1 heterocycles. The van der Waals surface area contributed by atoms with Crippen molar-refractivity contribution in [2.24, 2.45) is 0 Å². The monoisotopic (exact) mass is 336 g/mol. The van der Waals surface area contributed by atoms with Gasteiger partial charge in [0, 0.05) is 26.1 Å². The lowest BCUT2D eigenvalue weighted by molar-refractivity contribution is 0.305. The minimum absolute atomic E-state index is 0. The van der Waals surface area contributed by atoms with Gasteiger partial charge in [0.25, 0.3) is 0 Å². The Balaban J connectivity index is 0.00000182. The summed E-state index contributed by atoms with van der Waals surface area (Å²) in [7, 11) is 0. The summed E-state index contributed by atoms with van der Waals surface area (Å²) in [5.41, 5.74) is 4.99. The average Bonchev–Trinajstić information content (AvgIpc) is 2.68. The fourth-order valence-electron chi connectivity index (χ4n) is 3.73. The Kier molecular flexibility index (Phi) is 5.72. The van der Waals surface area contributed by atoms with Gasteiger partial charge in [-0.15, -0.1) is 0 Å². The molecule has 0 unspecified atom stereocenters. The van der Waals surface area contributed by atoms with Crippen molar-refractivity contribution >= 4 is 11.8 Å². The van der Waals surface area contributed by atoms with E-state index in [1.54, 1.807) is 0 Å². The van der Waals surface area contributed by atoms with Gasteiger partial charge < -0.3 is 10.6 Å². The highest BCUT2D eigenvalue weighted by atomic mass is 14.9. The number of rotatable bonds is 6. The standard InChI is InChI=1S/C23H28N2.2H2/c1-3-9-20-10-7-8-13-22(20)19(2)25-18-23(14-16-24-17-15-23)21-11-5-4-6-12-21;;/h3-13,24-25H,2,14-18H2,1H3;2*1H/b9-3-;;. The fourth-order valence-corrected chi connectivity index (χ4v) is 3.73. The minimum Gasteiger partial charge on any atom is -0.384 e. The summed E-state index contributed by atoms with van der Waals surface area (Å²) in [5.74, 6) is 0. The van der Waals surface area contributed by atoms with Gasteiger partial charge in [-0.25, -0.2) is 0 Å². The summed E-state index contributed by atoms with van der Waals surface area (Å²) in [5, 5.41) is 7.15. The van der Waals surface area contributed by atoms with E-state index < -0.39 is 0 Å². The van der Waals surface area contributed by atoms with Gasteiger partial charge in [-0.2, -0.15) is 0 Å². The summed E-state index contributed by atoms with van der Waals surface area (Å²) in [6, 6.07) is 19.4. The molecule has 2 aromatic rings. The Bertz CT molecular complexity index is 735. The van der Waals surface area contributed by atoms with E-state index >= 15 is 0 Å². The largest absolute Gasteiger partial charge is 0.384 e. The summed E-state index contributed by atoms with van der Waals surface area (Å²) in [4.78, 5) is 0. The lowest BCUT2D eigenvalue weighted by Gasteiger charge is -2.39. The molecule has 2 aromatic carbocycles. The van der Waals surface area contributed by atoms with E-state index in [1.165, 1.54) is 16.7 Å². The van der Waals surface area contributed by atoms with E-state index in [1.807, 2.05) is 6.92 Å². The second-order valence-electron chi connectivity index (χ2n) is 6.82. The van der Waals surface area contributed by atoms with Crippen LogP contribution in [-0.4, -0.2) is 19.6 Å². The molecule has 0 saturated carbocycles. The van der Waals surface area contributed by atoms with E-state index in [0.29, 0.717) is 0 Å². The van der Waals surface area contributed by atoms with Gasteiger partial charge >= 0.3 is 0 Å². The maximum atomic E-state index is 4.32. The van der Waals surface area contributed by atoms with Crippen molar-refractivity contribution in [2.75, 3.05) is 19.6 Å². The first-order chi connectivity index (χ1) is 12.2. The second-order valence-corrected chi connectivity index (χ2v) is 6.82. The molecule has 2 N–H and O–H groups in total. The smallest absolute Gasteiger partial charge is 0.0347 e. The first-order valence-electron chi connectivity index (χ1n) is 9.16. The van der Waals surface area contributed by atoms with Crippen LogP contribution in [0.5, 0.6) is 0 Å². The first-order valence-corrected chi connectivity index (χ1v) is 9.16. The molecule has 0 amide bonds. The van der Waals surface area contributed by atoms with Crippen LogP contribution in [0.25, 0.3) is 11.8 Å². The second kappa shape index (κ2) is 8.17. The molecule has 25 heavy (non-hydrogen) atoms. The van der Waals surface area contributed by atoms with E-state index in [-0.39, 0.29) is 8.27 Å². The van der Waals surface area contributed by atoms with Crippen LogP contribution in [0.4, 0.5) is 0 Å². The number of piperidine rings is 1. The number of allylic oxidation sites excluding steroid dienone is 1. The quantitative estimate of drug-likeness (QED) is 0.767. The van der Waals surface area contributed by atoms with Crippen LogP contribution < -0.4 is 10.6 Å². The molecule has 0 aromatic heterocycles. The molecule has 134 valence electrons. The van der Waals surface area contributed by atoms with Gasteiger partial charge in [-0.3, -0.25) is 0 Å². The Morgan fingerprint density at radius 1 is 1.12 bits per heavy atom. The lowest BCUT2D eigenvalue weighted by Crippen LogP contribution is -2.46. The topological polar surface area (TPSA) is 24.1 Å². The third kappa shape index (κ3) is 4.02. The van der Waals surface area contributed by atoms with Gasteiger partial charge in [0.2, 0.25) is 0 Å². The summed E-state index contributed by atoms with van der Waals surface area (Å²) >= 11 is 0.